The number of aromatic nitrogens is 2. The number of carbonyl (C=O) groups is 1. The van der Waals surface area contributed by atoms with Crippen LogP contribution < -0.4 is 10.1 Å². The summed E-state index contributed by atoms with van der Waals surface area (Å²) in [6, 6.07) is 8.13. The first-order valence-electron chi connectivity index (χ1n) is 7.25. The van der Waals surface area contributed by atoms with Crippen LogP contribution in [0.2, 0.25) is 0 Å². The van der Waals surface area contributed by atoms with Crippen LogP contribution in [0, 0.1) is 23.3 Å². The van der Waals surface area contributed by atoms with Crippen LogP contribution in [0.1, 0.15) is 10.5 Å². The van der Waals surface area contributed by atoms with Gasteiger partial charge in [0.15, 0.2) is 23.3 Å². The second kappa shape index (κ2) is 6.87. The zero-order valence-corrected chi connectivity index (χ0v) is 13.2. The number of hydrogen-bond acceptors (Lipinski definition) is 3. The summed E-state index contributed by atoms with van der Waals surface area (Å²) in [5, 5.41) is 8.12. The molecule has 1 aromatic heterocycles. The summed E-state index contributed by atoms with van der Waals surface area (Å²) >= 11 is 0. The van der Waals surface area contributed by atoms with Gasteiger partial charge in [0.25, 0.3) is 5.91 Å². The molecule has 0 fully saturated rings. The van der Waals surface area contributed by atoms with E-state index in [0.717, 1.165) is 0 Å². The fraction of sp³-hybridized carbons (Fsp3) is 0.0588. The van der Waals surface area contributed by atoms with Crippen LogP contribution >= 0.6 is 0 Å². The third-order valence-electron chi connectivity index (χ3n) is 3.56. The van der Waals surface area contributed by atoms with E-state index < -0.39 is 34.9 Å². The first-order valence-corrected chi connectivity index (χ1v) is 7.25. The van der Waals surface area contributed by atoms with Gasteiger partial charge in [-0.05, 0) is 30.3 Å². The average Bonchev–Trinajstić information content (AvgIpc) is 3.14. The van der Waals surface area contributed by atoms with Crippen molar-refractivity contribution < 1.29 is 27.1 Å². The lowest BCUT2D eigenvalue weighted by Crippen LogP contribution is -2.16. The number of nitrogens with one attached hydrogen (secondary N) is 2. The van der Waals surface area contributed by atoms with Gasteiger partial charge in [-0.25, -0.2) is 17.6 Å². The molecular formula is C17H11F4N3O2. The Morgan fingerprint density at radius 2 is 1.65 bits per heavy atom. The number of benzene rings is 2. The quantitative estimate of drug-likeness (QED) is 0.544. The highest BCUT2D eigenvalue weighted by Crippen LogP contribution is 2.25. The van der Waals surface area contributed by atoms with Crippen molar-refractivity contribution in [2.24, 2.45) is 0 Å². The monoisotopic (exact) mass is 365 g/mol. The summed E-state index contributed by atoms with van der Waals surface area (Å²) < 4.78 is 58.7. The number of rotatable bonds is 4. The van der Waals surface area contributed by atoms with Crippen molar-refractivity contribution in [2.45, 2.75) is 0 Å². The van der Waals surface area contributed by atoms with E-state index in [-0.39, 0.29) is 11.8 Å². The Kier molecular flexibility index (Phi) is 4.61. The fourth-order valence-corrected chi connectivity index (χ4v) is 2.21. The van der Waals surface area contributed by atoms with Crippen LogP contribution in [-0.4, -0.2) is 23.2 Å². The normalized spacial score (nSPS) is 10.7. The van der Waals surface area contributed by atoms with E-state index in [0.29, 0.717) is 17.0 Å². The van der Waals surface area contributed by atoms with E-state index in [9.17, 15) is 22.4 Å². The van der Waals surface area contributed by atoms with Gasteiger partial charge in [0.1, 0.15) is 17.1 Å². The molecule has 9 heteroatoms. The first-order chi connectivity index (χ1) is 12.4. The molecule has 0 spiro atoms. The van der Waals surface area contributed by atoms with E-state index in [1.807, 2.05) is 0 Å². The van der Waals surface area contributed by atoms with Gasteiger partial charge in [-0.15, -0.1) is 0 Å². The molecule has 0 saturated heterocycles. The van der Waals surface area contributed by atoms with Crippen molar-refractivity contribution in [2.75, 3.05) is 12.4 Å². The number of amides is 1. The van der Waals surface area contributed by atoms with E-state index in [4.69, 9.17) is 4.74 Å². The molecule has 0 aliphatic carbocycles. The van der Waals surface area contributed by atoms with Crippen LogP contribution in [-0.2, 0) is 0 Å². The Hall–Kier alpha value is -3.36. The minimum atomic E-state index is -1.70. The van der Waals surface area contributed by atoms with Gasteiger partial charge >= 0.3 is 0 Å². The van der Waals surface area contributed by atoms with Crippen LogP contribution in [0.3, 0.4) is 0 Å². The van der Waals surface area contributed by atoms with E-state index in [1.54, 1.807) is 29.6 Å². The molecule has 0 aliphatic heterocycles. The Bertz CT molecular complexity index is 945. The summed E-state index contributed by atoms with van der Waals surface area (Å²) in [6.07, 6.45) is 0. The molecule has 1 heterocycles. The summed E-state index contributed by atoms with van der Waals surface area (Å²) in [5.41, 5.74) is -0.341. The number of halogens is 4. The van der Waals surface area contributed by atoms with Gasteiger partial charge in [-0.2, -0.15) is 5.10 Å². The minimum absolute atomic E-state index is 0.0539. The van der Waals surface area contributed by atoms with Gasteiger partial charge in [-0.1, -0.05) is 0 Å². The van der Waals surface area contributed by atoms with Crippen LogP contribution in [0.15, 0.2) is 36.4 Å². The molecule has 5 nitrogen and oxygen atoms in total. The van der Waals surface area contributed by atoms with Crippen LogP contribution in [0.25, 0.3) is 11.3 Å². The summed E-state index contributed by atoms with van der Waals surface area (Å²) in [7, 11) is 1.51. The molecule has 2 N–H and O–H groups in total. The average molecular weight is 365 g/mol. The van der Waals surface area contributed by atoms with Crippen molar-refractivity contribution in [3.63, 3.8) is 0 Å². The molecule has 0 unspecified atom stereocenters. The van der Waals surface area contributed by atoms with Crippen molar-refractivity contribution in [3.05, 3.63) is 65.4 Å². The Morgan fingerprint density at radius 1 is 1.04 bits per heavy atom. The topological polar surface area (TPSA) is 67.0 Å². The maximum atomic E-state index is 13.6. The molecule has 3 aromatic rings. The highest BCUT2D eigenvalue weighted by atomic mass is 19.2. The SMILES string of the molecule is COc1ccc(-c2cc(C(=O)Nc3c(F)c(F)cc(F)c3F)[nH]n2)cc1. The van der Waals surface area contributed by atoms with Crippen molar-refractivity contribution in [1.29, 1.82) is 0 Å². The molecule has 3 rings (SSSR count). The lowest BCUT2D eigenvalue weighted by Gasteiger charge is -2.07. The zero-order valence-electron chi connectivity index (χ0n) is 13.2. The molecule has 0 aliphatic rings. The summed E-state index contributed by atoms with van der Waals surface area (Å²) in [4.78, 5) is 12.1. The number of aromatic amines is 1. The third-order valence-corrected chi connectivity index (χ3v) is 3.56. The minimum Gasteiger partial charge on any atom is -0.497 e. The molecule has 0 radical (unpaired) electrons. The van der Waals surface area contributed by atoms with Gasteiger partial charge in [-0.3, -0.25) is 9.89 Å². The number of hydrogen-bond donors (Lipinski definition) is 2. The predicted octanol–water partition coefficient (Wildman–Crippen LogP) is 3.89. The number of H-pyrrole nitrogens is 1. The lowest BCUT2D eigenvalue weighted by atomic mass is 10.1. The predicted molar refractivity (Wildman–Crippen MR) is 84.8 cm³/mol. The van der Waals surface area contributed by atoms with Gasteiger partial charge in [0.05, 0.1) is 12.8 Å². The smallest absolute Gasteiger partial charge is 0.273 e. The highest BCUT2D eigenvalue weighted by molar-refractivity contribution is 6.03. The van der Waals surface area contributed by atoms with Crippen LogP contribution in [0.5, 0.6) is 5.75 Å². The lowest BCUT2D eigenvalue weighted by molar-refractivity contribution is 0.102. The van der Waals surface area contributed by atoms with Gasteiger partial charge in [0, 0.05) is 11.6 Å². The number of methoxy groups -OCH3 is 1. The van der Waals surface area contributed by atoms with Crippen LogP contribution in [0.4, 0.5) is 23.2 Å². The van der Waals surface area contributed by atoms with Crippen molar-refractivity contribution in [3.8, 4) is 17.0 Å². The van der Waals surface area contributed by atoms with Gasteiger partial charge in [0.2, 0.25) is 0 Å². The van der Waals surface area contributed by atoms with E-state index >= 15 is 0 Å². The second-order valence-electron chi connectivity index (χ2n) is 5.19. The first kappa shape index (κ1) is 17.5. The number of nitrogens with zero attached hydrogens (tertiary/aromatic N) is 1. The molecule has 0 atom stereocenters. The third kappa shape index (κ3) is 3.23. The molecule has 1 amide bonds. The maximum absolute atomic E-state index is 13.6. The highest BCUT2D eigenvalue weighted by Gasteiger charge is 2.22. The molecule has 0 bridgehead atoms. The van der Waals surface area contributed by atoms with E-state index in [1.165, 1.54) is 13.2 Å². The second-order valence-corrected chi connectivity index (χ2v) is 5.19. The Morgan fingerprint density at radius 3 is 2.23 bits per heavy atom. The summed E-state index contributed by atoms with van der Waals surface area (Å²) in [6.45, 7) is 0. The number of carbonyl (C=O) groups excluding carboxylic acids is 1. The number of anilines is 1. The van der Waals surface area contributed by atoms with Crippen molar-refractivity contribution >= 4 is 11.6 Å². The standard InChI is InChI=1S/C17H11F4N3O2/c1-26-9-4-2-8(3-5-9)12-7-13(24-23-12)17(25)22-16-14(20)10(18)6-11(19)15(16)21/h2-7H,1H3,(H,22,25)(H,23,24). The largest absolute Gasteiger partial charge is 0.497 e. The molecule has 26 heavy (non-hydrogen) atoms. The maximum Gasteiger partial charge on any atom is 0.273 e. The molecule has 2 aromatic carbocycles. The fourth-order valence-electron chi connectivity index (χ4n) is 2.21. The van der Waals surface area contributed by atoms with Gasteiger partial charge < -0.3 is 10.1 Å². The molecular weight excluding hydrogens is 354 g/mol. The molecule has 0 saturated carbocycles. The Labute approximate surface area is 144 Å². The van der Waals surface area contributed by atoms with Crippen molar-refractivity contribution in [1.82, 2.24) is 10.2 Å². The molecule has 134 valence electrons. The number of ether oxygens (including phenoxy) is 1. The zero-order chi connectivity index (χ0) is 18.8. The Balaban J connectivity index is 1.85. The van der Waals surface area contributed by atoms with E-state index in [2.05, 4.69) is 10.2 Å². The summed E-state index contributed by atoms with van der Waals surface area (Å²) in [5.74, 6) is -7.04.